The van der Waals surface area contributed by atoms with Gasteiger partial charge >= 0.3 is 0 Å². The third-order valence-corrected chi connectivity index (χ3v) is 13.6. The van der Waals surface area contributed by atoms with Gasteiger partial charge in [-0.3, -0.25) is 0 Å². The largest absolute Gasteiger partial charge is 0.509 e. The van der Waals surface area contributed by atoms with Gasteiger partial charge in [0.2, 0.25) is 0 Å². The molecule has 0 saturated carbocycles. The Morgan fingerprint density at radius 2 is 1.17 bits per heavy atom. The molecule has 362 valence electrons. The summed E-state index contributed by atoms with van der Waals surface area (Å²) < 4.78 is 38.1. The van der Waals surface area contributed by atoms with Gasteiger partial charge < -0.3 is 19.1 Å². The van der Waals surface area contributed by atoms with Crippen LogP contribution >= 0.6 is 0 Å². The molecular weight excluding hydrogens is 1070 g/mol. The van der Waals surface area contributed by atoms with E-state index >= 15 is 0 Å². The van der Waals surface area contributed by atoms with Gasteiger partial charge in [-0.25, -0.2) is 13.8 Å². The Balaban J connectivity index is 0.00000596. The number of pyridine rings is 1. The van der Waals surface area contributed by atoms with Crippen LogP contribution in [-0.2, 0) is 26.5 Å². The van der Waals surface area contributed by atoms with E-state index in [1.54, 1.807) is 24.3 Å². The molecule has 5 nitrogen and oxygen atoms in total. The van der Waals surface area contributed by atoms with E-state index in [-0.39, 0.29) is 50.0 Å². The molecule has 0 N–H and O–H groups in total. The Morgan fingerprint density at radius 3 is 1.79 bits per heavy atom. The maximum Gasteiger partial charge on any atom is 0.135 e. The van der Waals surface area contributed by atoms with E-state index in [0.717, 1.165) is 78.2 Å². The van der Waals surface area contributed by atoms with E-state index in [2.05, 4.69) is 167 Å². The summed E-state index contributed by atoms with van der Waals surface area (Å²) in [6.07, 6.45) is 1.89. The zero-order chi connectivity index (χ0) is 49.1. The van der Waals surface area contributed by atoms with Crippen LogP contribution in [0.4, 0.5) is 31.5 Å². The van der Waals surface area contributed by atoms with E-state index in [1.165, 1.54) is 46.5 Å². The minimum absolute atomic E-state index is 0. The number of fused-ring (bicyclic) bond motifs is 4. The molecule has 11 rings (SSSR count). The minimum Gasteiger partial charge on any atom is -0.509 e. The van der Waals surface area contributed by atoms with Crippen molar-refractivity contribution in [2.45, 2.75) is 65.7 Å². The molecule has 0 fully saturated rings. The normalized spacial score (nSPS) is 12.5. The summed E-state index contributed by atoms with van der Waals surface area (Å²) in [5, 5.41) is 2.15. The van der Waals surface area contributed by atoms with Crippen LogP contribution in [0.5, 0.6) is 11.5 Å². The van der Waals surface area contributed by atoms with E-state index in [9.17, 15) is 8.78 Å². The Morgan fingerprint density at radius 1 is 0.569 bits per heavy atom. The zero-order valence-electron chi connectivity index (χ0n) is 41.2. The summed E-state index contributed by atoms with van der Waals surface area (Å²) in [5.41, 5.74) is 14.6. The van der Waals surface area contributed by atoms with Gasteiger partial charge in [0.1, 0.15) is 17.5 Å². The van der Waals surface area contributed by atoms with Crippen LogP contribution in [-0.4, -0.2) is 9.55 Å². The first-order valence-electron chi connectivity index (χ1n) is 24.3. The van der Waals surface area contributed by atoms with Gasteiger partial charge in [-0.1, -0.05) is 145 Å². The Labute approximate surface area is 435 Å². The fourth-order valence-electron chi connectivity index (χ4n) is 10.0. The van der Waals surface area contributed by atoms with Gasteiger partial charge in [-0.2, -0.15) is 6.07 Å². The number of rotatable bonds is 10. The maximum atomic E-state index is 14.5. The summed E-state index contributed by atoms with van der Waals surface area (Å²) in [4.78, 5) is 9.25. The number of halogens is 2. The van der Waals surface area contributed by atoms with Crippen LogP contribution < -0.4 is 14.5 Å². The smallest absolute Gasteiger partial charge is 0.135 e. The fraction of sp³-hybridized carbons (Fsp3) is 0.156. The van der Waals surface area contributed by atoms with Gasteiger partial charge in [-0.05, 0) is 111 Å². The third-order valence-electron chi connectivity index (χ3n) is 13.6. The monoisotopic (exact) mass is 1130 g/mol. The molecule has 0 amide bonds. The van der Waals surface area contributed by atoms with Crippen LogP contribution in [0.15, 0.2) is 176 Å². The zero-order valence-corrected chi connectivity index (χ0v) is 43.5. The molecule has 3 heterocycles. The Kier molecular flexibility index (Phi) is 13.0. The second-order valence-corrected chi connectivity index (χ2v) is 20.0. The quantitative estimate of drug-likeness (QED) is 0.128. The summed E-state index contributed by atoms with van der Waals surface area (Å²) in [7, 11) is 0. The average Bonchev–Trinajstić information content (AvgIpc) is 3.92. The van der Waals surface area contributed by atoms with E-state index in [0.29, 0.717) is 11.5 Å². The number of anilines is 4. The molecule has 0 spiro atoms. The van der Waals surface area contributed by atoms with Gasteiger partial charge in [0.25, 0.3) is 0 Å². The number of nitrogens with zero attached hydrogens (tertiary/aromatic N) is 4. The van der Waals surface area contributed by atoms with Crippen LogP contribution in [0.1, 0.15) is 77.0 Å². The second kappa shape index (κ2) is 19.3. The van der Waals surface area contributed by atoms with Crippen LogP contribution in [0.25, 0.3) is 61.0 Å². The first-order valence-corrected chi connectivity index (χ1v) is 24.3. The molecule has 0 radical (unpaired) electrons. The number of hydrogen-bond acceptors (Lipinski definition) is 4. The molecule has 0 bridgehead atoms. The second-order valence-electron chi connectivity index (χ2n) is 20.0. The summed E-state index contributed by atoms with van der Waals surface area (Å²) in [6.45, 7) is 17.7. The molecular formula is C64H53F2N4OPt-3. The van der Waals surface area contributed by atoms with Crippen molar-refractivity contribution in [1.29, 1.82) is 0 Å². The number of aromatic nitrogens is 2. The van der Waals surface area contributed by atoms with Crippen LogP contribution in [0, 0.1) is 30.4 Å². The maximum absolute atomic E-state index is 14.5. The minimum atomic E-state index is -0.315. The standard InChI is InChI=1S/C64H53F2N4O.Pt/c1-40(2)51-15-12-16-52(41(3)4)62(51)44-34-48(37-50(35-44)71-49-30-31-56-55-14-8-9-19-57(55)70(60(56)38-49)61-36-45(32-33-67-61)64(5,6)7)68-39-69(59-21-11-10-20-58(59)68)63-53(42-22-26-46(65)27-23-42)17-13-18-54(63)43-24-28-47(66)29-25-43;/h8-36,39-41H,1-7H3;/q-3;. The SMILES string of the molecule is CC(C)c1cccc(C(C)C)c1-c1cc(Oc2[c-]c3c(cc2)c2ccccc2n3-c2cc(C(C)(C)C)ccn2)[c-]c(N2[CH-]N(c3c(-c4ccc(F)cc4)cccc3-c3ccc(F)cc3)c3ccccc32)c1.[Pt]. The Hall–Kier alpha value is -7.34. The van der Waals surface area contributed by atoms with Crippen LogP contribution in [0.2, 0.25) is 0 Å². The van der Waals surface area contributed by atoms with Crippen molar-refractivity contribution in [2.24, 2.45) is 0 Å². The predicted molar refractivity (Wildman–Crippen MR) is 287 cm³/mol. The van der Waals surface area contributed by atoms with Gasteiger partial charge in [0.05, 0.1) is 0 Å². The molecule has 0 saturated heterocycles. The summed E-state index contributed by atoms with van der Waals surface area (Å²) in [6, 6.07) is 62.6. The van der Waals surface area contributed by atoms with Crippen LogP contribution in [0.3, 0.4) is 0 Å². The molecule has 8 heteroatoms. The molecule has 1 aliphatic rings. The number of para-hydroxylation sites is 4. The van der Waals surface area contributed by atoms with Gasteiger partial charge in [0, 0.05) is 72.5 Å². The molecule has 8 aromatic carbocycles. The van der Waals surface area contributed by atoms with Crippen molar-refractivity contribution >= 4 is 44.6 Å². The van der Waals surface area contributed by atoms with Gasteiger partial charge in [-0.15, -0.1) is 53.6 Å². The summed E-state index contributed by atoms with van der Waals surface area (Å²) >= 11 is 0. The number of hydrogen-bond donors (Lipinski definition) is 0. The first-order chi connectivity index (χ1) is 34.3. The predicted octanol–water partition coefficient (Wildman–Crippen LogP) is 17.8. The topological polar surface area (TPSA) is 33.5 Å². The number of ether oxygens (including phenoxy) is 1. The third kappa shape index (κ3) is 8.89. The fourth-order valence-corrected chi connectivity index (χ4v) is 10.0. The van der Waals surface area contributed by atoms with E-state index in [4.69, 9.17) is 9.72 Å². The number of benzene rings is 8. The van der Waals surface area contributed by atoms with Crippen molar-refractivity contribution in [3.05, 3.63) is 223 Å². The van der Waals surface area contributed by atoms with Crippen molar-refractivity contribution in [3.63, 3.8) is 0 Å². The molecule has 2 aromatic heterocycles. The van der Waals surface area contributed by atoms with Gasteiger partial charge in [0.15, 0.2) is 0 Å². The molecule has 0 unspecified atom stereocenters. The summed E-state index contributed by atoms with van der Waals surface area (Å²) in [5.74, 6) is 1.74. The van der Waals surface area contributed by atoms with Crippen molar-refractivity contribution in [3.8, 4) is 50.7 Å². The van der Waals surface area contributed by atoms with E-state index in [1.807, 2.05) is 42.6 Å². The van der Waals surface area contributed by atoms with Crippen molar-refractivity contribution < 1.29 is 34.6 Å². The first kappa shape index (κ1) is 48.3. The molecule has 1 aliphatic heterocycles. The average molecular weight is 1130 g/mol. The molecule has 10 aromatic rings. The van der Waals surface area contributed by atoms with Crippen molar-refractivity contribution in [2.75, 3.05) is 9.80 Å². The molecule has 72 heavy (non-hydrogen) atoms. The van der Waals surface area contributed by atoms with E-state index < -0.39 is 0 Å². The Bertz CT molecular complexity index is 3540. The van der Waals surface area contributed by atoms with Crippen molar-refractivity contribution in [1.82, 2.24) is 9.55 Å². The molecule has 0 atom stereocenters. The molecule has 0 aliphatic carbocycles.